The summed E-state index contributed by atoms with van der Waals surface area (Å²) >= 11 is 1.14. The molecule has 1 N–H and O–H groups in total. The van der Waals surface area contributed by atoms with E-state index in [-0.39, 0.29) is 5.13 Å². The number of benzene rings is 2. The highest BCUT2D eigenvalue weighted by atomic mass is 32.1. The van der Waals surface area contributed by atoms with Gasteiger partial charge >= 0.3 is 0 Å². The Bertz CT molecular complexity index is 1070. The van der Waals surface area contributed by atoms with Gasteiger partial charge < -0.3 is 9.80 Å². The molecule has 2 heterocycles. The molecule has 9 heteroatoms. The monoisotopic (exact) mass is 432 g/mol. The fourth-order valence-electron chi connectivity index (χ4n) is 3.31. The molecule has 3 aromatic rings. The topological polar surface area (TPSA) is 48.5 Å². The van der Waals surface area contributed by atoms with Gasteiger partial charge in [-0.25, -0.2) is 18.2 Å². The van der Waals surface area contributed by atoms with Crippen LogP contribution in [0.2, 0.25) is 0 Å². The number of hydrogen-bond donors (Lipinski definition) is 1. The van der Waals surface area contributed by atoms with E-state index >= 15 is 0 Å². The molecule has 0 bridgehead atoms. The van der Waals surface area contributed by atoms with Crippen LogP contribution in [0, 0.1) is 17.5 Å². The summed E-state index contributed by atoms with van der Waals surface area (Å²) in [4.78, 5) is 20.2. The number of thiazole rings is 1. The Morgan fingerprint density at radius 3 is 2.47 bits per heavy atom. The van der Waals surface area contributed by atoms with E-state index in [1.54, 1.807) is 5.38 Å². The summed E-state index contributed by atoms with van der Waals surface area (Å²) in [5.74, 6) is -4.65. The van der Waals surface area contributed by atoms with Gasteiger partial charge in [0.05, 0.1) is 11.3 Å². The summed E-state index contributed by atoms with van der Waals surface area (Å²) in [6, 6.07) is 10.1. The van der Waals surface area contributed by atoms with Crippen molar-refractivity contribution < 1.29 is 18.0 Å². The Morgan fingerprint density at radius 1 is 1.07 bits per heavy atom. The van der Waals surface area contributed by atoms with Crippen LogP contribution in [0.15, 0.2) is 41.8 Å². The first kappa shape index (κ1) is 20.4. The molecule has 0 atom stereocenters. The molecule has 0 unspecified atom stereocenters. The number of likely N-dealkylation sites (N-methyl/N-ethyl adjacent to an activating group) is 1. The third kappa shape index (κ3) is 4.03. The van der Waals surface area contributed by atoms with E-state index in [1.165, 1.54) is 4.90 Å². The van der Waals surface area contributed by atoms with Gasteiger partial charge in [0.2, 0.25) is 0 Å². The third-order valence-electron chi connectivity index (χ3n) is 4.99. The molecule has 1 aliphatic rings. The fraction of sp³-hybridized carbons (Fsp3) is 0.238. The van der Waals surface area contributed by atoms with E-state index in [1.807, 2.05) is 42.3 Å². The number of aromatic nitrogens is 1. The first-order valence-electron chi connectivity index (χ1n) is 9.37. The lowest BCUT2D eigenvalue weighted by Gasteiger charge is -2.34. The summed E-state index contributed by atoms with van der Waals surface area (Å²) in [6.07, 6.45) is 0. The highest BCUT2D eigenvalue weighted by Crippen LogP contribution is 2.30. The van der Waals surface area contributed by atoms with Crippen molar-refractivity contribution in [2.75, 3.05) is 43.4 Å². The Labute approximate surface area is 175 Å². The van der Waals surface area contributed by atoms with Crippen LogP contribution in [0.4, 0.5) is 24.0 Å². The average molecular weight is 432 g/mol. The Kier molecular flexibility index (Phi) is 5.74. The van der Waals surface area contributed by atoms with E-state index in [4.69, 9.17) is 0 Å². The van der Waals surface area contributed by atoms with Crippen LogP contribution >= 0.6 is 11.3 Å². The van der Waals surface area contributed by atoms with E-state index in [0.29, 0.717) is 31.9 Å². The number of nitrogens with one attached hydrogen (secondary N) is 1. The van der Waals surface area contributed by atoms with Gasteiger partial charge in [-0.15, -0.1) is 11.3 Å². The van der Waals surface area contributed by atoms with Gasteiger partial charge in [-0.2, -0.15) is 0 Å². The number of amides is 1. The maximum Gasteiger partial charge on any atom is 0.260 e. The van der Waals surface area contributed by atoms with Crippen molar-refractivity contribution in [3.8, 4) is 11.3 Å². The van der Waals surface area contributed by atoms with E-state index < -0.39 is 34.6 Å². The quantitative estimate of drug-likeness (QED) is 0.627. The molecule has 1 amide bonds. The maximum absolute atomic E-state index is 14.7. The fourth-order valence-corrected chi connectivity index (χ4v) is 4.02. The number of hydrogen-bond acceptors (Lipinski definition) is 5. The van der Waals surface area contributed by atoms with Crippen LogP contribution in [0.5, 0.6) is 0 Å². The molecule has 1 saturated heterocycles. The number of anilines is 2. The SMILES string of the molecule is CN1CCN(c2c(F)cc(C(=O)Nc3nc(-c4ccccc4)cs3)c(F)c2F)CC1. The second-order valence-electron chi connectivity index (χ2n) is 7.03. The Morgan fingerprint density at radius 2 is 1.77 bits per heavy atom. The van der Waals surface area contributed by atoms with Crippen molar-refractivity contribution in [2.24, 2.45) is 0 Å². The molecular formula is C21H19F3N4OS. The molecule has 1 fully saturated rings. The second-order valence-corrected chi connectivity index (χ2v) is 7.89. The number of nitrogens with zero attached hydrogens (tertiary/aromatic N) is 3. The van der Waals surface area contributed by atoms with Gasteiger partial charge in [0.25, 0.3) is 5.91 Å². The summed E-state index contributed by atoms with van der Waals surface area (Å²) in [6.45, 7) is 1.96. The van der Waals surface area contributed by atoms with Gasteiger partial charge in [-0.1, -0.05) is 30.3 Å². The first-order valence-corrected chi connectivity index (χ1v) is 10.3. The molecule has 1 aliphatic heterocycles. The molecule has 2 aromatic carbocycles. The summed E-state index contributed by atoms with van der Waals surface area (Å²) < 4.78 is 43.9. The maximum atomic E-state index is 14.7. The van der Waals surface area contributed by atoms with Crippen molar-refractivity contribution in [1.29, 1.82) is 0 Å². The summed E-state index contributed by atoms with van der Waals surface area (Å²) in [5, 5.41) is 4.37. The van der Waals surface area contributed by atoms with Gasteiger partial charge in [-0.3, -0.25) is 10.1 Å². The zero-order valence-electron chi connectivity index (χ0n) is 16.2. The first-order chi connectivity index (χ1) is 14.4. The highest BCUT2D eigenvalue weighted by Gasteiger charge is 2.28. The minimum atomic E-state index is -1.37. The smallest absolute Gasteiger partial charge is 0.260 e. The van der Waals surface area contributed by atoms with Crippen LogP contribution in [0.25, 0.3) is 11.3 Å². The summed E-state index contributed by atoms with van der Waals surface area (Å²) in [5.41, 5.74) is 0.366. The number of halogens is 3. The molecular weight excluding hydrogens is 413 g/mol. The third-order valence-corrected chi connectivity index (χ3v) is 5.75. The second kappa shape index (κ2) is 8.45. The molecule has 156 valence electrons. The van der Waals surface area contributed by atoms with E-state index in [0.717, 1.165) is 23.0 Å². The van der Waals surface area contributed by atoms with Gasteiger partial charge in [-0.05, 0) is 13.1 Å². The molecule has 5 nitrogen and oxygen atoms in total. The highest BCUT2D eigenvalue weighted by molar-refractivity contribution is 7.14. The van der Waals surface area contributed by atoms with E-state index in [2.05, 4.69) is 10.3 Å². The molecule has 0 spiro atoms. The van der Waals surface area contributed by atoms with Crippen LogP contribution in [0.1, 0.15) is 10.4 Å². The minimum Gasteiger partial charge on any atom is -0.364 e. The lowest BCUT2D eigenvalue weighted by Crippen LogP contribution is -2.45. The zero-order chi connectivity index (χ0) is 21.3. The van der Waals surface area contributed by atoms with Crippen molar-refractivity contribution in [1.82, 2.24) is 9.88 Å². The molecule has 1 aromatic heterocycles. The van der Waals surface area contributed by atoms with Crippen molar-refractivity contribution in [2.45, 2.75) is 0 Å². The number of carbonyl (C=O) groups excluding carboxylic acids is 1. The lowest BCUT2D eigenvalue weighted by atomic mass is 10.1. The van der Waals surface area contributed by atoms with Crippen molar-refractivity contribution in [3.05, 3.63) is 64.8 Å². The normalized spacial score (nSPS) is 14.7. The number of rotatable bonds is 4. The lowest BCUT2D eigenvalue weighted by molar-refractivity contribution is 0.102. The van der Waals surface area contributed by atoms with E-state index in [9.17, 15) is 18.0 Å². The minimum absolute atomic E-state index is 0.210. The molecule has 0 saturated carbocycles. The van der Waals surface area contributed by atoms with Crippen molar-refractivity contribution >= 4 is 28.1 Å². The summed E-state index contributed by atoms with van der Waals surface area (Å²) in [7, 11) is 1.90. The van der Waals surface area contributed by atoms with Gasteiger partial charge in [0, 0.05) is 37.1 Å². The predicted octanol–water partition coefficient (Wildman–Crippen LogP) is 4.23. The van der Waals surface area contributed by atoms with Crippen LogP contribution in [0.3, 0.4) is 0 Å². The van der Waals surface area contributed by atoms with Crippen LogP contribution in [-0.2, 0) is 0 Å². The average Bonchev–Trinajstić information content (AvgIpc) is 3.21. The number of carbonyl (C=O) groups is 1. The van der Waals surface area contributed by atoms with Crippen molar-refractivity contribution in [3.63, 3.8) is 0 Å². The molecule has 30 heavy (non-hydrogen) atoms. The largest absolute Gasteiger partial charge is 0.364 e. The zero-order valence-corrected chi connectivity index (χ0v) is 17.0. The Balaban J connectivity index is 1.55. The standard InChI is InChI=1S/C21H19F3N4OS/c1-27-7-9-28(10-8-27)19-15(22)11-14(17(23)18(19)24)20(29)26-21-25-16(12-30-21)13-5-3-2-4-6-13/h2-6,11-12H,7-10H2,1H3,(H,25,26,29). The molecule has 0 radical (unpaired) electrons. The van der Waals surface area contributed by atoms with Gasteiger partial charge in [0.1, 0.15) is 5.69 Å². The van der Waals surface area contributed by atoms with Crippen LogP contribution < -0.4 is 10.2 Å². The van der Waals surface area contributed by atoms with Crippen LogP contribution in [-0.4, -0.2) is 49.0 Å². The van der Waals surface area contributed by atoms with Gasteiger partial charge in [0.15, 0.2) is 22.6 Å². The number of piperazine rings is 1. The molecule has 4 rings (SSSR count). The molecule has 0 aliphatic carbocycles. The Hall–Kier alpha value is -2.91. The predicted molar refractivity (Wildman–Crippen MR) is 112 cm³/mol.